The molecule has 0 aliphatic carbocycles. The number of hydrogen-bond donors (Lipinski definition) is 0. The minimum Gasteiger partial charge on any atom is -0.496 e. The van der Waals surface area contributed by atoms with E-state index in [-0.39, 0.29) is 18.1 Å². The van der Waals surface area contributed by atoms with Crippen LogP contribution in [0.1, 0.15) is 32.9 Å². The Morgan fingerprint density at radius 3 is 2.50 bits per heavy atom. The Morgan fingerprint density at radius 2 is 1.87 bits per heavy atom. The van der Waals surface area contributed by atoms with Crippen LogP contribution in [0.15, 0.2) is 42.5 Å². The standard InChI is InChI=1S/C23H22F2N2O3/c1-14-23(15(2)27(3)26-14)20(28)8-5-16-6-9-21(29-4)17(11-16)13-30-22-10-7-18(24)12-19(22)25/h5-12H,13H2,1-4H3/b8-5+. The van der Waals surface area contributed by atoms with Gasteiger partial charge < -0.3 is 9.47 Å². The fourth-order valence-electron chi connectivity index (χ4n) is 3.15. The first-order valence-electron chi connectivity index (χ1n) is 9.27. The van der Waals surface area contributed by atoms with Crippen molar-refractivity contribution in [3.63, 3.8) is 0 Å². The largest absolute Gasteiger partial charge is 0.496 e. The summed E-state index contributed by atoms with van der Waals surface area (Å²) in [5.74, 6) is -1.09. The maximum atomic E-state index is 13.8. The molecule has 0 spiro atoms. The molecule has 1 heterocycles. The van der Waals surface area contributed by atoms with Gasteiger partial charge in [0.05, 0.1) is 18.4 Å². The van der Waals surface area contributed by atoms with Crippen molar-refractivity contribution in [1.82, 2.24) is 9.78 Å². The smallest absolute Gasteiger partial charge is 0.189 e. The van der Waals surface area contributed by atoms with Gasteiger partial charge in [-0.1, -0.05) is 12.1 Å². The van der Waals surface area contributed by atoms with Crippen LogP contribution >= 0.6 is 0 Å². The Morgan fingerprint density at radius 1 is 1.13 bits per heavy atom. The molecular formula is C23H22F2N2O3. The van der Waals surface area contributed by atoms with E-state index >= 15 is 0 Å². The van der Waals surface area contributed by atoms with Crippen LogP contribution in [0.3, 0.4) is 0 Å². The van der Waals surface area contributed by atoms with E-state index in [1.54, 1.807) is 42.9 Å². The summed E-state index contributed by atoms with van der Waals surface area (Å²) < 4.78 is 39.3. The minimum atomic E-state index is -0.780. The van der Waals surface area contributed by atoms with Gasteiger partial charge >= 0.3 is 0 Å². The van der Waals surface area contributed by atoms with Crippen LogP contribution in [-0.4, -0.2) is 22.7 Å². The Labute approximate surface area is 173 Å². The van der Waals surface area contributed by atoms with Gasteiger partial charge in [-0.25, -0.2) is 8.78 Å². The third-order valence-corrected chi connectivity index (χ3v) is 4.76. The Hall–Kier alpha value is -3.48. The predicted octanol–water partition coefficient (Wildman–Crippen LogP) is 4.80. The number of ether oxygens (including phenoxy) is 2. The summed E-state index contributed by atoms with van der Waals surface area (Å²) in [5.41, 5.74) is 3.46. The Kier molecular flexibility index (Phi) is 6.30. The zero-order valence-corrected chi connectivity index (χ0v) is 17.2. The van der Waals surface area contributed by atoms with E-state index in [4.69, 9.17) is 9.47 Å². The van der Waals surface area contributed by atoms with Gasteiger partial charge in [0.1, 0.15) is 18.2 Å². The summed E-state index contributed by atoms with van der Waals surface area (Å²) in [5, 5.41) is 4.26. The molecular weight excluding hydrogens is 390 g/mol. The summed E-state index contributed by atoms with van der Waals surface area (Å²) in [6.07, 6.45) is 3.18. The van der Waals surface area contributed by atoms with Gasteiger partial charge in [-0.2, -0.15) is 5.10 Å². The van der Waals surface area contributed by atoms with Crippen molar-refractivity contribution >= 4 is 11.9 Å². The van der Waals surface area contributed by atoms with Crippen LogP contribution in [0, 0.1) is 25.5 Å². The van der Waals surface area contributed by atoms with Crippen molar-refractivity contribution in [2.24, 2.45) is 7.05 Å². The first-order chi connectivity index (χ1) is 14.3. The van der Waals surface area contributed by atoms with E-state index in [0.717, 1.165) is 23.4 Å². The molecule has 3 rings (SSSR count). The topological polar surface area (TPSA) is 53.3 Å². The highest BCUT2D eigenvalue weighted by Crippen LogP contribution is 2.25. The van der Waals surface area contributed by atoms with Crippen LogP contribution in [0.5, 0.6) is 11.5 Å². The number of rotatable bonds is 7. The van der Waals surface area contributed by atoms with Crippen molar-refractivity contribution in [3.8, 4) is 11.5 Å². The second-order valence-electron chi connectivity index (χ2n) is 6.80. The van der Waals surface area contributed by atoms with Gasteiger partial charge in [0, 0.05) is 24.4 Å². The van der Waals surface area contributed by atoms with Gasteiger partial charge in [-0.05, 0) is 49.8 Å². The van der Waals surface area contributed by atoms with Gasteiger partial charge in [0.2, 0.25) is 0 Å². The monoisotopic (exact) mass is 412 g/mol. The summed E-state index contributed by atoms with van der Waals surface area (Å²) in [4.78, 5) is 12.6. The average Bonchev–Trinajstić information content (AvgIpc) is 2.97. The first-order valence-corrected chi connectivity index (χ1v) is 9.27. The molecule has 0 atom stereocenters. The molecule has 0 fully saturated rings. The number of aryl methyl sites for hydroxylation is 2. The van der Waals surface area contributed by atoms with Crippen LogP contribution < -0.4 is 9.47 Å². The van der Waals surface area contributed by atoms with Gasteiger partial charge in [0.15, 0.2) is 17.3 Å². The van der Waals surface area contributed by atoms with Crippen LogP contribution in [0.2, 0.25) is 0 Å². The molecule has 0 aliphatic rings. The van der Waals surface area contributed by atoms with Gasteiger partial charge in [0.25, 0.3) is 0 Å². The van der Waals surface area contributed by atoms with Crippen molar-refractivity contribution in [1.29, 1.82) is 0 Å². The first kappa shape index (κ1) is 21.2. The molecule has 0 unspecified atom stereocenters. The summed E-state index contributed by atoms with van der Waals surface area (Å²) >= 11 is 0. The van der Waals surface area contributed by atoms with E-state index in [1.807, 2.05) is 6.92 Å². The molecule has 0 radical (unpaired) electrons. The van der Waals surface area contributed by atoms with Crippen molar-refractivity contribution in [2.75, 3.05) is 7.11 Å². The molecule has 0 aliphatic heterocycles. The minimum absolute atomic E-state index is 0.0160. The zero-order valence-electron chi connectivity index (χ0n) is 17.2. The Bertz CT molecular complexity index is 1120. The maximum absolute atomic E-state index is 13.8. The SMILES string of the molecule is COc1ccc(/C=C/C(=O)c2c(C)nn(C)c2C)cc1COc1ccc(F)cc1F. The normalized spacial score (nSPS) is 11.1. The predicted molar refractivity (Wildman–Crippen MR) is 110 cm³/mol. The molecule has 0 saturated carbocycles. The summed E-state index contributed by atoms with van der Waals surface area (Å²) in [6, 6.07) is 8.45. The molecule has 0 saturated heterocycles. The fourth-order valence-corrected chi connectivity index (χ4v) is 3.15. The summed E-state index contributed by atoms with van der Waals surface area (Å²) in [7, 11) is 3.31. The number of ketones is 1. The molecule has 1 aromatic heterocycles. The summed E-state index contributed by atoms with van der Waals surface area (Å²) in [6.45, 7) is 3.66. The van der Waals surface area contributed by atoms with Crippen molar-refractivity contribution < 1.29 is 23.0 Å². The van der Waals surface area contributed by atoms with E-state index in [2.05, 4.69) is 5.10 Å². The number of nitrogens with zero attached hydrogens (tertiary/aromatic N) is 2. The third kappa shape index (κ3) is 4.56. The molecule has 0 N–H and O–H groups in total. The number of carbonyl (C=O) groups excluding carboxylic acids is 1. The highest BCUT2D eigenvalue weighted by molar-refractivity contribution is 6.08. The number of methoxy groups -OCH3 is 1. The second-order valence-corrected chi connectivity index (χ2v) is 6.80. The number of aromatic nitrogens is 2. The van der Waals surface area contributed by atoms with Crippen LogP contribution in [-0.2, 0) is 13.7 Å². The van der Waals surface area contributed by atoms with Crippen molar-refractivity contribution in [2.45, 2.75) is 20.5 Å². The average molecular weight is 412 g/mol. The Balaban J connectivity index is 1.79. The second kappa shape index (κ2) is 8.90. The molecule has 3 aromatic rings. The lowest BCUT2D eigenvalue weighted by atomic mass is 10.1. The molecule has 0 bridgehead atoms. The third-order valence-electron chi connectivity index (χ3n) is 4.76. The van der Waals surface area contributed by atoms with Crippen LogP contribution in [0.4, 0.5) is 8.78 Å². The maximum Gasteiger partial charge on any atom is 0.189 e. The molecule has 30 heavy (non-hydrogen) atoms. The van der Waals surface area contributed by atoms with E-state index in [0.29, 0.717) is 22.6 Å². The highest BCUT2D eigenvalue weighted by Gasteiger charge is 2.15. The molecule has 7 heteroatoms. The number of allylic oxidation sites excluding steroid dienone is 1. The fraction of sp³-hybridized carbons (Fsp3) is 0.217. The lowest BCUT2D eigenvalue weighted by Crippen LogP contribution is -2.01. The lowest BCUT2D eigenvalue weighted by Gasteiger charge is -2.12. The zero-order chi connectivity index (χ0) is 21.8. The quantitative estimate of drug-likeness (QED) is 0.413. The van der Waals surface area contributed by atoms with Gasteiger partial charge in [-0.15, -0.1) is 0 Å². The van der Waals surface area contributed by atoms with Gasteiger partial charge in [-0.3, -0.25) is 9.48 Å². The molecule has 5 nitrogen and oxygen atoms in total. The molecule has 0 amide bonds. The molecule has 156 valence electrons. The van der Waals surface area contributed by atoms with E-state index in [1.165, 1.54) is 19.3 Å². The molecule has 2 aromatic carbocycles. The van der Waals surface area contributed by atoms with E-state index in [9.17, 15) is 13.6 Å². The van der Waals surface area contributed by atoms with Crippen molar-refractivity contribution in [3.05, 3.63) is 82.2 Å². The van der Waals surface area contributed by atoms with E-state index < -0.39 is 11.6 Å². The number of halogens is 2. The number of benzene rings is 2. The highest BCUT2D eigenvalue weighted by atomic mass is 19.1. The van der Waals surface area contributed by atoms with Crippen LogP contribution in [0.25, 0.3) is 6.08 Å². The lowest BCUT2D eigenvalue weighted by molar-refractivity contribution is 0.104. The number of carbonyl (C=O) groups is 1. The number of hydrogen-bond acceptors (Lipinski definition) is 4.